The van der Waals surface area contributed by atoms with Gasteiger partial charge in [0.25, 0.3) is 5.78 Å². The Morgan fingerprint density at radius 1 is 1.13 bits per heavy atom. The fourth-order valence-corrected chi connectivity index (χ4v) is 3.33. The van der Waals surface area contributed by atoms with Gasteiger partial charge in [0, 0.05) is 5.75 Å². The second-order valence-corrected chi connectivity index (χ2v) is 6.54. The van der Waals surface area contributed by atoms with E-state index in [1.807, 2.05) is 13.8 Å². The zero-order valence-corrected chi connectivity index (χ0v) is 14.4. The van der Waals surface area contributed by atoms with Gasteiger partial charge in [0.05, 0.1) is 17.0 Å². The van der Waals surface area contributed by atoms with Crippen LogP contribution >= 0.6 is 11.8 Å². The molecule has 0 saturated heterocycles. The number of hydrogen-bond donors (Lipinski definition) is 0. The number of Topliss-reactive ketones (excluding diaryl/α,β-unsaturated/α-hetero) is 1. The normalized spacial score (nSPS) is 11.1. The Kier molecular flexibility index (Phi) is 4.17. The molecule has 0 amide bonds. The lowest BCUT2D eigenvalue weighted by molar-refractivity contribution is 0.101. The molecule has 0 aliphatic heterocycles. The van der Waals surface area contributed by atoms with Crippen LogP contribution in [0.2, 0.25) is 0 Å². The molecule has 0 spiro atoms. The molecule has 0 unspecified atom stereocenters. The predicted octanol–water partition coefficient (Wildman–Crippen LogP) is 3.54. The summed E-state index contributed by atoms with van der Waals surface area (Å²) < 4.78 is 1.65. The van der Waals surface area contributed by atoms with Crippen molar-refractivity contribution in [3.05, 3.63) is 52.3 Å². The van der Waals surface area contributed by atoms with E-state index in [-0.39, 0.29) is 5.78 Å². The molecule has 0 radical (unpaired) electrons. The first-order valence-electron chi connectivity index (χ1n) is 7.39. The predicted molar refractivity (Wildman–Crippen MR) is 91.0 cm³/mol. The topological polar surface area (TPSA) is 60.2 Å². The molecular formula is C17H18N4OS. The molecule has 0 fully saturated rings. The van der Waals surface area contributed by atoms with Gasteiger partial charge in [-0.3, -0.25) is 4.79 Å². The van der Waals surface area contributed by atoms with Crippen LogP contribution in [0, 0.1) is 20.8 Å². The summed E-state index contributed by atoms with van der Waals surface area (Å²) in [5.41, 5.74) is 4.58. The summed E-state index contributed by atoms with van der Waals surface area (Å²) in [7, 11) is 0. The third-order valence-electron chi connectivity index (χ3n) is 3.72. The molecule has 0 atom stereocenters. The van der Waals surface area contributed by atoms with Gasteiger partial charge < -0.3 is 0 Å². The van der Waals surface area contributed by atoms with Crippen molar-refractivity contribution in [3.63, 3.8) is 0 Å². The highest BCUT2D eigenvalue weighted by atomic mass is 32.2. The average Bonchev–Trinajstić information content (AvgIpc) is 2.89. The first kappa shape index (κ1) is 15.7. The van der Waals surface area contributed by atoms with E-state index >= 15 is 0 Å². The number of carbonyl (C=O) groups excluding carboxylic acids is 1. The molecule has 0 saturated carbocycles. The highest BCUT2D eigenvalue weighted by molar-refractivity contribution is 7.98. The Labute approximate surface area is 139 Å². The first-order valence-corrected chi connectivity index (χ1v) is 8.37. The lowest BCUT2D eigenvalue weighted by Gasteiger charge is -2.06. The van der Waals surface area contributed by atoms with Crippen molar-refractivity contribution in [1.82, 2.24) is 19.6 Å². The lowest BCUT2D eigenvalue weighted by Crippen LogP contribution is -2.09. The maximum atomic E-state index is 11.8. The van der Waals surface area contributed by atoms with Crippen molar-refractivity contribution in [3.8, 4) is 0 Å². The maximum absolute atomic E-state index is 11.8. The minimum absolute atomic E-state index is 0.00115. The summed E-state index contributed by atoms with van der Waals surface area (Å²) in [4.78, 5) is 20.6. The van der Waals surface area contributed by atoms with Crippen LogP contribution in [0.15, 0.2) is 29.4 Å². The van der Waals surface area contributed by atoms with Gasteiger partial charge in [-0.2, -0.15) is 9.50 Å². The van der Waals surface area contributed by atoms with Crippen LogP contribution in [0.1, 0.15) is 39.8 Å². The summed E-state index contributed by atoms with van der Waals surface area (Å²) in [6.45, 7) is 7.33. The highest BCUT2D eigenvalue weighted by Gasteiger charge is 2.16. The SMILES string of the molecule is CC(=O)c1c(C)nc2nc(SCc3ccc(C)cc3)nn2c1C. The molecule has 6 heteroatoms. The molecule has 3 rings (SSSR count). The average molecular weight is 326 g/mol. The van der Waals surface area contributed by atoms with Crippen LogP contribution in [-0.2, 0) is 5.75 Å². The molecule has 2 heterocycles. The zero-order chi connectivity index (χ0) is 16.6. The van der Waals surface area contributed by atoms with Crippen molar-refractivity contribution in [1.29, 1.82) is 0 Å². The van der Waals surface area contributed by atoms with E-state index in [1.54, 1.807) is 23.2 Å². The number of carbonyl (C=O) groups is 1. The smallest absolute Gasteiger partial charge is 0.253 e. The number of benzene rings is 1. The number of aryl methyl sites for hydroxylation is 3. The van der Waals surface area contributed by atoms with E-state index in [0.717, 1.165) is 11.4 Å². The largest absolute Gasteiger partial charge is 0.294 e. The summed E-state index contributed by atoms with van der Waals surface area (Å²) in [6, 6.07) is 8.42. The van der Waals surface area contributed by atoms with Gasteiger partial charge in [0.1, 0.15) is 0 Å². The second-order valence-electron chi connectivity index (χ2n) is 5.59. The van der Waals surface area contributed by atoms with Crippen LogP contribution in [-0.4, -0.2) is 25.4 Å². The molecule has 1 aromatic carbocycles. The number of hydrogen-bond acceptors (Lipinski definition) is 5. The number of thioether (sulfide) groups is 1. The maximum Gasteiger partial charge on any atom is 0.253 e. The van der Waals surface area contributed by atoms with Crippen LogP contribution in [0.5, 0.6) is 0 Å². The third kappa shape index (κ3) is 3.12. The lowest BCUT2D eigenvalue weighted by atomic mass is 10.1. The monoisotopic (exact) mass is 326 g/mol. The van der Waals surface area contributed by atoms with Crippen molar-refractivity contribution in [2.75, 3.05) is 0 Å². The molecule has 0 aliphatic rings. The van der Waals surface area contributed by atoms with E-state index in [0.29, 0.717) is 22.2 Å². The summed E-state index contributed by atoms with van der Waals surface area (Å²) in [6.07, 6.45) is 0. The minimum Gasteiger partial charge on any atom is -0.294 e. The highest BCUT2D eigenvalue weighted by Crippen LogP contribution is 2.22. The van der Waals surface area contributed by atoms with E-state index in [2.05, 4.69) is 46.3 Å². The molecule has 2 aromatic heterocycles. The molecule has 0 aliphatic carbocycles. The van der Waals surface area contributed by atoms with Gasteiger partial charge in [0.15, 0.2) is 5.78 Å². The number of aromatic nitrogens is 4. The van der Waals surface area contributed by atoms with E-state index in [1.165, 1.54) is 11.1 Å². The van der Waals surface area contributed by atoms with E-state index in [9.17, 15) is 4.79 Å². The van der Waals surface area contributed by atoms with Gasteiger partial charge in [-0.1, -0.05) is 41.6 Å². The Morgan fingerprint density at radius 2 is 1.83 bits per heavy atom. The van der Waals surface area contributed by atoms with Crippen LogP contribution in [0.4, 0.5) is 0 Å². The fourth-order valence-electron chi connectivity index (χ4n) is 2.56. The van der Waals surface area contributed by atoms with Gasteiger partial charge in [0.2, 0.25) is 5.16 Å². The van der Waals surface area contributed by atoms with Crippen molar-refractivity contribution >= 4 is 23.3 Å². The molecule has 23 heavy (non-hydrogen) atoms. The third-order valence-corrected chi connectivity index (χ3v) is 4.63. The molecule has 3 aromatic rings. The summed E-state index contributed by atoms with van der Waals surface area (Å²) >= 11 is 1.57. The van der Waals surface area contributed by atoms with Gasteiger partial charge in [-0.05, 0) is 33.3 Å². The van der Waals surface area contributed by atoms with Gasteiger partial charge in [-0.25, -0.2) is 4.98 Å². The molecule has 0 bridgehead atoms. The van der Waals surface area contributed by atoms with E-state index in [4.69, 9.17) is 0 Å². The van der Waals surface area contributed by atoms with Crippen molar-refractivity contribution < 1.29 is 4.79 Å². The standard InChI is InChI=1S/C17H18N4OS/c1-10-5-7-14(8-6-10)9-23-17-19-16-18-11(2)15(13(4)22)12(3)21(16)20-17/h5-8H,9H2,1-4H3. The zero-order valence-electron chi connectivity index (χ0n) is 13.6. The fraction of sp³-hybridized carbons (Fsp3) is 0.294. The van der Waals surface area contributed by atoms with E-state index < -0.39 is 0 Å². The molecule has 118 valence electrons. The van der Waals surface area contributed by atoms with Gasteiger partial charge in [-0.15, -0.1) is 5.10 Å². The number of fused-ring (bicyclic) bond motifs is 1. The number of rotatable bonds is 4. The van der Waals surface area contributed by atoms with Crippen molar-refractivity contribution in [2.24, 2.45) is 0 Å². The van der Waals surface area contributed by atoms with Gasteiger partial charge >= 0.3 is 0 Å². The quantitative estimate of drug-likeness (QED) is 0.542. The first-order chi connectivity index (χ1) is 11.0. The number of nitrogens with zero attached hydrogens (tertiary/aromatic N) is 4. The summed E-state index contributed by atoms with van der Waals surface area (Å²) in [5, 5.41) is 5.15. The Balaban J connectivity index is 1.89. The Morgan fingerprint density at radius 3 is 2.48 bits per heavy atom. The van der Waals surface area contributed by atoms with Crippen molar-refractivity contribution in [2.45, 2.75) is 38.6 Å². The Hall–Kier alpha value is -2.21. The van der Waals surface area contributed by atoms with Crippen LogP contribution < -0.4 is 0 Å². The minimum atomic E-state index is -0.00115. The number of ketones is 1. The van der Waals surface area contributed by atoms with Crippen LogP contribution in [0.3, 0.4) is 0 Å². The molecule has 5 nitrogen and oxygen atoms in total. The molecule has 0 N–H and O–H groups in total. The second kappa shape index (κ2) is 6.12. The van der Waals surface area contributed by atoms with Crippen LogP contribution in [0.25, 0.3) is 5.78 Å². The Bertz CT molecular complexity index is 884. The summed E-state index contributed by atoms with van der Waals surface area (Å²) in [5.74, 6) is 1.34. The molecular weight excluding hydrogens is 308 g/mol.